The number of nitriles is 1. The topological polar surface area (TPSA) is 45.9 Å². The molecule has 0 radical (unpaired) electrons. The van der Waals surface area contributed by atoms with E-state index in [1.54, 1.807) is 0 Å². The zero-order valence-electron chi connectivity index (χ0n) is 8.30. The second kappa shape index (κ2) is 3.44. The molecule has 0 unspecified atom stereocenters. The number of rotatable bonds is 1. The van der Waals surface area contributed by atoms with Gasteiger partial charge in [0.05, 0.1) is 7.11 Å². The molecule has 1 aromatic heterocycles. The van der Waals surface area contributed by atoms with Gasteiger partial charge in [-0.05, 0) is 31.9 Å². The van der Waals surface area contributed by atoms with Crippen LogP contribution in [-0.2, 0) is 0 Å². The summed E-state index contributed by atoms with van der Waals surface area (Å²) in [5.41, 5.74) is 3.45. The van der Waals surface area contributed by atoms with Gasteiger partial charge in [-0.3, -0.25) is 0 Å². The lowest BCUT2D eigenvalue weighted by Gasteiger charge is -2.09. The summed E-state index contributed by atoms with van der Waals surface area (Å²) < 4.78 is 5.02. The Bertz CT molecular complexity index is 377. The molecule has 1 heterocycles. The summed E-state index contributed by atoms with van der Waals surface area (Å²) in [5.74, 6) is 0.420. The molecular formula is C10H12N2O. The maximum absolute atomic E-state index is 8.88. The molecule has 3 heteroatoms. The van der Waals surface area contributed by atoms with Gasteiger partial charge in [0.25, 0.3) is 0 Å². The monoisotopic (exact) mass is 176 g/mol. The van der Waals surface area contributed by atoms with Crippen LogP contribution in [0.1, 0.15) is 22.4 Å². The molecule has 3 nitrogen and oxygen atoms in total. The van der Waals surface area contributed by atoms with Gasteiger partial charge in [-0.15, -0.1) is 0 Å². The van der Waals surface area contributed by atoms with Crippen molar-refractivity contribution in [3.8, 4) is 11.9 Å². The standard InChI is InChI=1S/C10H12N2O/c1-6-7(2)9(5-11)10(13-4)12-8(6)3/h1-4H3. The van der Waals surface area contributed by atoms with Crippen molar-refractivity contribution in [2.45, 2.75) is 20.8 Å². The first-order chi connectivity index (χ1) is 6.11. The maximum atomic E-state index is 8.88. The Morgan fingerprint density at radius 1 is 1.23 bits per heavy atom. The highest BCUT2D eigenvalue weighted by molar-refractivity contribution is 5.49. The van der Waals surface area contributed by atoms with E-state index in [1.807, 2.05) is 20.8 Å². The van der Waals surface area contributed by atoms with Gasteiger partial charge >= 0.3 is 0 Å². The van der Waals surface area contributed by atoms with Crippen LogP contribution in [0.2, 0.25) is 0 Å². The molecule has 0 aromatic carbocycles. The minimum atomic E-state index is 0.420. The average molecular weight is 176 g/mol. The van der Waals surface area contributed by atoms with Crippen LogP contribution in [0.5, 0.6) is 5.88 Å². The highest BCUT2D eigenvalue weighted by Gasteiger charge is 2.11. The summed E-state index contributed by atoms with van der Waals surface area (Å²) in [7, 11) is 1.53. The minimum Gasteiger partial charge on any atom is -0.480 e. The molecule has 1 rings (SSSR count). The molecule has 0 aliphatic rings. The van der Waals surface area contributed by atoms with E-state index in [9.17, 15) is 0 Å². The lowest BCUT2D eigenvalue weighted by Crippen LogP contribution is -2.00. The molecule has 0 N–H and O–H groups in total. The summed E-state index contributed by atoms with van der Waals surface area (Å²) in [6.07, 6.45) is 0. The Morgan fingerprint density at radius 2 is 1.85 bits per heavy atom. The molecule has 68 valence electrons. The maximum Gasteiger partial charge on any atom is 0.231 e. The Labute approximate surface area is 78.0 Å². The van der Waals surface area contributed by atoms with Gasteiger partial charge in [0, 0.05) is 5.69 Å². The zero-order chi connectivity index (χ0) is 10.0. The number of hydrogen-bond donors (Lipinski definition) is 0. The van der Waals surface area contributed by atoms with E-state index in [-0.39, 0.29) is 0 Å². The summed E-state index contributed by atoms with van der Waals surface area (Å²) in [6, 6.07) is 2.10. The molecule has 1 aromatic rings. The van der Waals surface area contributed by atoms with Crippen LogP contribution in [0.3, 0.4) is 0 Å². The number of hydrogen-bond acceptors (Lipinski definition) is 3. The Kier molecular flexibility index (Phi) is 2.52. The number of aromatic nitrogens is 1. The molecule has 0 atom stereocenters. The number of nitrogens with zero attached hydrogens (tertiary/aromatic N) is 2. The Morgan fingerprint density at radius 3 is 2.31 bits per heavy atom. The van der Waals surface area contributed by atoms with Gasteiger partial charge in [0.15, 0.2) is 0 Å². The van der Waals surface area contributed by atoms with E-state index in [4.69, 9.17) is 10.00 Å². The molecule has 0 amide bonds. The normalized spacial score (nSPS) is 9.46. The quantitative estimate of drug-likeness (QED) is 0.656. The van der Waals surface area contributed by atoms with E-state index >= 15 is 0 Å². The summed E-state index contributed by atoms with van der Waals surface area (Å²) in [6.45, 7) is 5.77. The van der Waals surface area contributed by atoms with Crippen LogP contribution in [-0.4, -0.2) is 12.1 Å². The van der Waals surface area contributed by atoms with E-state index in [2.05, 4.69) is 11.1 Å². The fourth-order valence-corrected chi connectivity index (χ4v) is 1.19. The lowest BCUT2D eigenvalue weighted by molar-refractivity contribution is 0.395. The molecule has 0 fully saturated rings. The molecule has 0 saturated heterocycles. The van der Waals surface area contributed by atoms with Crippen LogP contribution in [0.4, 0.5) is 0 Å². The highest BCUT2D eigenvalue weighted by Crippen LogP contribution is 2.23. The molecular weight excluding hydrogens is 164 g/mol. The SMILES string of the molecule is COc1nc(C)c(C)c(C)c1C#N. The summed E-state index contributed by atoms with van der Waals surface area (Å²) in [5, 5.41) is 8.88. The second-order valence-corrected chi connectivity index (χ2v) is 2.94. The van der Waals surface area contributed by atoms with Gasteiger partial charge in [-0.25, -0.2) is 4.98 Å². The fourth-order valence-electron chi connectivity index (χ4n) is 1.19. The molecule has 0 aliphatic carbocycles. The number of ether oxygens (including phenoxy) is 1. The molecule has 0 bridgehead atoms. The van der Waals surface area contributed by atoms with Crippen molar-refractivity contribution < 1.29 is 4.74 Å². The highest BCUT2D eigenvalue weighted by atomic mass is 16.5. The minimum absolute atomic E-state index is 0.420. The first kappa shape index (κ1) is 9.53. The van der Waals surface area contributed by atoms with Crippen molar-refractivity contribution >= 4 is 0 Å². The van der Waals surface area contributed by atoms with Gasteiger partial charge < -0.3 is 4.74 Å². The van der Waals surface area contributed by atoms with Crippen molar-refractivity contribution in [1.29, 1.82) is 5.26 Å². The van der Waals surface area contributed by atoms with Crippen LogP contribution in [0.25, 0.3) is 0 Å². The van der Waals surface area contributed by atoms with Gasteiger partial charge in [-0.2, -0.15) is 5.26 Å². The Balaban J connectivity index is 3.50. The van der Waals surface area contributed by atoms with Crippen molar-refractivity contribution in [2.75, 3.05) is 7.11 Å². The average Bonchev–Trinajstić information content (AvgIpc) is 2.13. The summed E-state index contributed by atoms with van der Waals surface area (Å²) >= 11 is 0. The van der Waals surface area contributed by atoms with E-state index in [1.165, 1.54) is 7.11 Å². The largest absolute Gasteiger partial charge is 0.480 e. The molecule has 0 saturated carbocycles. The molecule has 13 heavy (non-hydrogen) atoms. The third kappa shape index (κ3) is 1.48. The van der Waals surface area contributed by atoms with Crippen molar-refractivity contribution in [3.05, 3.63) is 22.4 Å². The van der Waals surface area contributed by atoms with Crippen molar-refractivity contribution in [3.63, 3.8) is 0 Å². The third-order valence-corrected chi connectivity index (χ3v) is 2.27. The lowest BCUT2D eigenvalue weighted by atomic mass is 10.0. The first-order valence-electron chi connectivity index (χ1n) is 4.03. The summed E-state index contributed by atoms with van der Waals surface area (Å²) in [4.78, 5) is 4.18. The van der Waals surface area contributed by atoms with Crippen LogP contribution >= 0.6 is 0 Å². The predicted molar refractivity (Wildman–Crippen MR) is 49.7 cm³/mol. The van der Waals surface area contributed by atoms with Crippen LogP contribution < -0.4 is 4.74 Å². The fraction of sp³-hybridized carbons (Fsp3) is 0.400. The smallest absolute Gasteiger partial charge is 0.231 e. The van der Waals surface area contributed by atoms with E-state index < -0.39 is 0 Å². The number of pyridine rings is 1. The van der Waals surface area contributed by atoms with Gasteiger partial charge in [0.2, 0.25) is 5.88 Å². The van der Waals surface area contributed by atoms with E-state index in [0.717, 1.165) is 16.8 Å². The molecule has 0 spiro atoms. The van der Waals surface area contributed by atoms with Crippen LogP contribution in [0, 0.1) is 32.1 Å². The number of methoxy groups -OCH3 is 1. The zero-order valence-corrected chi connectivity index (χ0v) is 8.30. The Hall–Kier alpha value is -1.56. The van der Waals surface area contributed by atoms with E-state index in [0.29, 0.717) is 11.4 Å². The van der Waals surface area contributed by atoms with Gasteiger partial charge in [-0.1, -0.05) is 0 Å². The molecule has 0 aliphatic heterocycles. The van der Waals surface area contributed by atoms with Crippen molar-refractivity contribution in [1.82, 2.24) is 4.98 Å². The third-order valence-electron chi connectivity index (χ3n) is 2.27. The van der Waals surface area contributed by atoms with Crippen LogP contribution in [0.15, 0.2) is 0 Å². The predicted octanol–water partition coefficient (Wildman–Crippen LogP) is 1.89. The second-order valence-electron chi connectivity index (χ2n) is 2.94. The first-order valence-corrected chi connectivity index (χ1v) is 4.03. The number of aryl methyl sites for hydroxylation is 1. The van der Waals surface area contributed by atoms with Gasteiger partial charge in [0.1, 0.15) is 11.6 Å². The van der Waals surface area contributed by atoms with Crippen molar-refractivity contribution in [2.24, 2.45) is 0 Å².